The Morgan fingerprint density at radius 3 is 2.53 bits per heavy atom. The molecule has 2 N–H and O–H groups in total. The zero-order valence-electron chi connectivity index (χ0n) is 18.4. The molecule has 7 nitrogen and oxygen atoms in total. The van der Waals surface area contributed by atoms with Crippen molar-refractivity contribution in [3.05, 3.63) is 29.8 Å². The van der Waals surface area contributed by atoms with E-state index in [1.54, 1.807) is 0 Å². The minimum atomic E-state index is 0.666. The summed E-state index contributed by atoms with van der Waals surface area (Å²) < 4.78 is 16.7. The number of morpholine rings is 1. The number of anilines is 1. The largest absolute Gasteiger partial charge is 0.381 e. The maximum atomic E-state index is 5.84. The van der Waals surface area contributed by atoms with Crippen molar-refractivity contribution in [1.29, 1.82) is 0 Å². The number of guanidine groups is 1. The molecule has 0 aromatic heterocycles. The molecule has 0 aliphatic carbocycles. The Balaban J connectivity index is 1.35. The number of benzene rings is 1. The maximum absolute atomic E-state index is 5.84. The highest BCUT2D eigenvalue weighted by molar-refractivity contribution is 5.79. The lowest BCUT2D eigenvalue weighted by molar-refractivity contribution is 0.0203. The molecule has 0 spiro atoms. The summed E-state index contributed by atoms with van der Waals surface area (Å²) in [6.07, 6.45) is 3.23. The molecule has 0 unspecified atom stereocenters. The predicted molar refractivity (Wildman–Crippen MR) is 121 cm³/mol. The molecule has 1 aromatic carbocycles. The average Bonchev–Trinajstić information content (AvgIpc) is 2.81. The summed E-state index contributed by atoms with van der Waals surface area (Å²) in [5, 5.41) is 6.73. The van der Waals surface area contributed by atoms with Crippen LogP contribution in [0, 0.1) is 5.92 Å². The van der Waals surface area contributed by atoms with Gasteiger partial charge in [-0.1, -0.05) is 12.1 Å². The van der Waals surface area contributed by atoms with Crippen LogP contribution >= 0.6 is 0 Å². The first kappa shape index (κ1) is 22.8. The fourth-order valence-corrected chi connectivity index (χ4v) is 3.69. The number of nitrogens with one attached hydrogen (secondary N) is 2. The third kappa shape index (κ3) is 8.13. The number of ether oxygens (including phenoxy) is 3. The van der Waals surface area contributed by atoms with Crippen LogP contribution in [0.2, 0.25) is 0 Å². The maximum Gasteiger partial charge on any atom is 0.191 e. The van der Waals surface area contributed by atoms with Gasteiger partial charge in [0.15, 0.2) is 5.96 Å². The third-order valence-electron chi connectivity index (χ3n) is 5.53. The third-order valence-corrected chi connectivity index (χ3v) is 5.53. The Morgan fingerprint density at radius 1 is 1.07 bits per heavy atom. The first-order valence-electron chi connectivity index (χ1n) is 11.4. The van der Waals surface area contributed by atoms with Gasteiger partial charge in [0.05, 0.1) is 19.8 Å². The Bertz CT molecular complexity index is 611. The zero-order valence-corrected chi connectivity index (χ0v) is 18.4. The van der Waals surface area contributed by atoms with Crippen molar-refractivity contribution in [2.24, 2.45) is 10.9 Å². The van der Waals surface area contributed by atoms with Gasteiger partial charge in [-0.3, -0.25) is 0 Å². The Hall–Kier alpha value is -1.83. The van der Waals surface area contributed by atoms with E-state index >= 15 is 0 Å². The summed E-state index contributed by atoms with van der Waals surface area (Å²) >= 11 is 0. The van der Waals surface area contributed by atoms with Crippen LogP contribution in [0.15, 0.2) is 29.3 Å². The van der Waals surface area contributed by atoms with Gasteiger partial charge in [0, 0.05) is 58.3 Å². The van der Waals surface area contributed by atoms with Gasteiger partial charge in [-0.15, -0.1) is 0 Å². The molecule has 2 aliphatic heterocycles. The highest BCUT2D eigenvalue weighted by Gasteiger charge is 2.13. The molecule has 3 rings (SSSR count). The average molecular weight is 419 g/mol. The number of hydrogen-bond donors (Lipinski definition) is 2. The van der Waals surface area contributed by atoms with Crippen LogP contribution in [0.4, 0.5) is 5.69 Å². The van der Waals surface area contributed by atoms with Gasteiger partial charge < -0.3 is 29.7 Å². The molecular weight excluding hydrogens is 380 g/mol. The summed E-state index contributed by atoms with van der Waals surface area (Å²) in [6.45, 7) is 11.4. The van der Waals surface area contributed by atoms with Crippen LogP contribution in [0.3, 0.4) is 0 Å². The fourth-order valence-electron chi connectivity index (χ4n) is 3.69. The van der Waals surface area contributed by atoms with Crippen molar-refractivity contribution in [3.63, 3.8) is 0 Å². The normalized spacial score (nSPS) is 18.4. The minimum Gasteiger partial charge on any atom is -0.381 e. The lowest BCUT2D eigenvalue weighted by Crippen LogP contribution is -2.38. The molecule has 0 atom stereocenters. The van der Waals surface area contributed by atoms with E-state index in [4.69, 9.17) is 19.2 Å². The predicted octanol–water partition coefficient (Wildman–Crippen LogP) is 2.41. The molecule has 0 amide bonds. The van der Waals surface area contributed by atoms with Crippen LogP contribution in [0.1, 0.15) is 31.7 Å². The van der Waals surface area contributed by atoms with Crippen LogP contribution in [-0.2, 0) is 20.8 Å². The second-order valence-electron chi connectivity index (χ2n) is 7.87. The number of rotatable bonds is 10. The van der Waals surface area contributed by atoms with Gasteiger partial charge >= 0.3 is 0 Å². The van der Waals surface area contributed by atoms with E-state index in [1.165, 1.54) is 11.3 Å². The van der Waals surface area contributed by atoms with Crippen molar-refractivity contribution in [3.8, 4) is 0 Å². The minimum absolute atomic E-state index is 0.666. The van der Waals surface area contributed by atoms with Crippen molar-refractivity contribution in [1.82, 2.24) is 10.6 Å². The summed E-state index contributed by atoms with van der Waals surface area (Å²) in [5.41, 5.74) is 2.47. The van der Waals surface area contributed by atoms with E-state index in [2.05, 4.69) is 46.7 Å². The lowest BCUT2D eigenvalue weighted by Gasteiger charge is -2.28. The second-order valence-corrected chi connectivity index (χ2v) is 7.87. The van der Waals surface area contributed by atoms with Crippen LogP contribution in [-0.4, -0.2) is 71.8 Å². The van der Waals surface area contributed by atoms with E-state index in [1.807, 2.05) is 0 Å². The van der Waals surface area contributed by atoms with E-state index in [0.29, 0.717) is 12.5 Å². The van der Waals surface area contributed by atoms with Crippen molar-refractivity contribution < 1.29 is 14.2 Å². The molecule has 0 bridgehead atoms. The monoisotopic (exact) mass is 418 g/mol. The van der Waals surface area contributed by atoms with Gasteiger partial charge in [0.2, 0.25) is 0 Å². The van der Waals surface area contributed by atoms with E-state index < -0.39 is 0 Å². The van der Waals surface area contributed by atoms with Gasteiger partial charge in [0.1, 0.15) is 0 Å². The van der Waals surface area contributed by atoms with Gasteiger partial charge in [0.25, 0.3) is 0 Å². The van der Waals surface area contributed by atoms with Gasteiger partial charge in [-0.05, 0) is 49.8 Å². The quantitative estimate of drug-likeness (QED) is 0.346. The topological polar surface area (TPSA) is 67.4 Å². The zero-order chi connectivity index (χ0) is 20.9. The van der Waals surface area contributed by atoms with E-state index in [9.17, 15) is 0 Å². The van der Waals surface area contributed by atoms with Crippen molar-refractivity contribution in [2.75, 3.05) is 70.7 Å². The van der Waals surface area contributed by atoms with E-state index in [0.717, 1.165) is 91.0 Å². The van der Waals surface area contributed by atoms with Crippen molar-refractivity contribution in [2.45, 2.75) is 32.7 Å². The molecule has 2 fully saturated rings. The first-order valence-corrected chi connectivity index (χ1v) is 11.4. The Morgan fingerprint density at radius 2 is 1.80 bits per heavy atom. The number of hydrogen-bond acceptors (Lipinski definition) is 5. The second kappa shape index (κ2) is 13.5. The summed E-state index contributed by atoms with van der Waals surface area (Å²) in [6, 6.07) is 8.71. The highest BCUT2D eigenvalue weighted by Crippen LogP contribution is 2.17. The number of nitrogens with zero attached hydrogens (tertiary/aromatic N) is 2. The molecule has 0 radical (unpaired) electrons. The molecule has 30 heavy (non-hydrogen) atoms. The lowest BCUT2D eigenvalue weighted by atomic mass is 10.0. The summed E-state index contributed by atoms with van der Waals surface area (Å²) in [4.78, 5) is 7.09. The molecule has 1 aromatic rings. The number of aliphatic imine (C=N–C) groups is 1. The Labute approximate surface area is 181 Å². The molecule has 2 saturated heterocycles. The molecule has 0 saturated carbocycles. The fraction of sp³-hybridized carbons (Fsp3) is 0.696. The van der Waals surface area contributed by atoms with Crippen LogP contribution in [0.25, 0.3) is 0 Å². The van der Waals surface area contributed by atoms with Gasteiger partial charge in [-0.2, -0.15) is 0 Å². The molecule has 2 heterocycles. The highest BCUT2D eigenvalue weighted by atomic mass is 16.5. The standard InChI is InChI=1S/C23H38N4O3/c1-2-24-23(25-10-3-13-30-19-21-8-14-28-15-9-21)26-18-20-4-6-22(7-5-20)27-11-16-29-17-12-27/h4-7,21H,2-3,8-19H2,1H3,(H2,24,25,26). The molecule has 168 valence electrons. The van der Waals surface area contributed by atoms with E-state index in [-0.39, 0.29) is 0 Å². The van der Waals surface area contributed by atoms with Gasteiger partial charge in [-0.25, -0.2) is 4.99 Å². The summed E-state index contributed by atoms with van der Waals surface area (Å²) in [7, 11) is 0. The SMILES string of the molecule is CCNC(=NCc1ccc(N2CCOCC2)cc1)NCCCOCC1CCOCC1. The smallest absolute Gasteiger partial charge is 0.191 e. The molecule has 7 heteroatoms. The van der Waals surface area contributed by atoms with Crippen LogP contribution < -0.4 is 15.5 Å². The molecule has 2 aliphatic rings. The van der Waals surface area contributed by atoms with Crippen molar-refractivity contribution >= 4 is 11.6 Å². The Kier molecular flexibility index (Phi) is 10.3. The molecular formula is C23H38N4O3. The first-order chi connectivity index (χ1) is 14.8. The summed E-state index contributed by atoms with van der Waals surface area (Å²) in [5.74, 6) is 1.53. The van der Waals surface area contributed by atoms with Crippen LogP contribution in [0.5, 0.6) is 0 Å².